The smallest absolute Gasteiger partial charge is 0.166 e. The van der Waals surface area contributed by atoms with E-state index in [0.717, 1.165) is 52.5 Å². The maximum absolute atomic E-state index is 5.57. The SMILES string of the molecule is Cn1ccc(-c2cccc(-c3nc(N4CCOCC4)c4ncn(Cc5cccnc5)c4n3)c2)n1. The van der Waals surface area contributed by atoms with Crippen molar-refractivity contribution < 1.29 is 4.74 Å². The first-order valence-corrected chi connectivity index (χ1v) is 11.3. The quantitative estimate of drug-likeness (QED) is 0.405. The van der Waals surface area contributed by atoms with Crippen LogP contribution in [-0.4, -0.2) is 60.6 Å². The molecule has 0 saturated carbocycles. The highest BCUT2D eigenvalue weighted by Gasteiger charge is 2.21. The van der Waals surface area contributed by atoms with E-state index in [0.29, 0.717) is 25.6 Å². The molecule has 1 saturated heterocycles. The number of rotatable bonds is 5. The molecule has 5 heterocycles. The first-order chi connectivity index (χ1) is 16.7. The summed E-state index contributed by atoms with van der Waals surface area (Å²) in [5.74, 6) is 1.51. The molecule has 170 valence electrons. The summed E-state index contributed by atoms with van der Waals surface area (Å²) in [6.07, 6.45) is 7.43. The van der Waals surface area contributed by atoms with Crippen LogP contribution >= 0.6 is 0 Å². The van der Waals surface area contributed by atoms with E-state index in [9.17, 15) is 0 Å². The van der Waals surface area contributed by atoms with Gasteiger partial charge < -0.3 is 14.2 Å². The highest BCUT2D eigenvalue weighted by atomic mass is 16.5. The number of morpholine rings is 1. The second-order valence-corrected chi connectivity index (χ2v) is 8.33. The van der Waals surface area contributed by atoms with Crippen molar-refractivity contribution in [1.29, 1.82) is 0 Å². The number of benzene rings is 1. The molecule has 0 atom stereocenters. The maximum atomic E-state index is 5.57. The zero-order chi connectivity index (χ0) is 22.9. The van der Waals surface area contributed by atoms with Crippen molar-refractivity contribution in [2.24, 2.45) is 7.05 Å². The molecular formula is C25H24N8O. The number of hydrogen-bond donors (Lipinski definition) is 0. The largest absolute Gasteiger partial charge is 0.378 e. The fourth-order valence-electron chi connectivity index (χ4n) is 4.24. The summed E-state index contributed by atoms with van der Waals surface area (Å²) in [7, 11) is 1.92. The molecule has 1 aromatic carbocycles. The molecule has 0 spiro atoms. The van der Waals surface area contributed by atoms with Gasteiger partial charge in [-0.05, 0) is 23.8 Å². The second kappa shape index (κ2) is 8.68. The summed E-state index contributed by atoms with van der Waals surface area (Å²) in [6.45, 7) is 3.53. The Labute approximate surface area is 196 Å². The third-order valence-corrected chi connectivity index (χ3v) is 5.96. The van der Waals surface area contributed by atoms with E-state index >= 15 is 0 Å². The fourth-order valence-corrected chi connectivity index (χ4v) is 4.24. The summed E-state index contributed by atoms with van der Waals surface area (Å²) in [6, 6.07) is 14.2. The third-order valence-electron chi connectivity index (χ3n) is 5.96. The summed E-state index contributed by atoms with van der Waals surface area (Å²) in [4.78, 5) is 21.2. The van der Waals surface area contributed by atoms with Gasteiger partial charge in [-0.25, -0.2) is 15.0 Å². The lowest BCUT2D eigenvalue weighted by Crippen LogP contribution is -2.37. The van der Waals surface area contributed by atoms with Gasteiger partial charge in [-0.15, -0.1) is 0 Å². The van der Waals surface area contributed by atoms with Crippen LogP contribution in [0.2, 0.25) is 0 Å². The van der Waals surface area contributed by atoms with Gasteiger partial charge >= 0.3 is 0 Å². The van der Waals surface area contributed by atoms with Crippen molar-refractivity contribution in [3.05, 3.63) is 72.9 Å². The number of imidazole rings is 1. The first-order valence-electron chi connectivity index (χ1n) is 11.3. The van der Waals surface area contributed by atoms with E-state index in [-0.39, 0.29) is 0 Å². The van der Waals surface area contributed by atoms with Gasteiger partial charge in [0.15, 0.2) is 22.8 Å². The molecule has 1 fully saturated rings. The van der Waals surface area contributed by atoms with Crippen LogP contribution in [0.5, 0.6) is 0 Å². The predicted molar refractivity (Wildman–Crippen MR) is 129 cm³/mol. The Balaban J connectivity index is 1.48. The van der Waals surface area contributed by atoms with Crippen LogP contribution in [0.1, 0.15) is 5.56 Å². The normalized spacial score (nSPS) is 14.1. The zero-order valence-electron chi connectivity index (χ0n) is 18.9. The van der Waals surface area contributed by atoms with Gasteiger partial charge in [0.1, 0.15) is 0 Å². The van der Waals surface area contributed by atoms with Crippen LogP contribution in [0.25, 0.3) is 33.8 Å². The Kier molecular flexibility index (Phi) is 5.23. The van der Waals surface area contributed by atoms with Crippen molar-refractivity contribution in [2.45, 2.75) is 6.54 Å². The highest BCUT2D eigenvalue weighted by molar-refractivity contribution is 5.86. The number of ether oxygens (including phenoxy) is 1. The minimum Gasteiger partial charge on any atom is -0.378 e. The van der Waals surface area contributed by atoms with Crippen LogP contribution in [-0.2, 0) is 18.3 Å². The van der Waals surface area contributed by atoms with Crippen LogP contribution in [0.4, 0.5) is 5.82 Å². The van der Waals surface area contributed by atoms with E-state index in [1.807, 2.05) is 50.0 Å². The summed E-state index contributed by atoms with van der Waals surface area (Å²) < 4.78 is 9.44. The molecule has 0 amide bonds. The van der Waals surface area contributed by atoms with Crippen molar-refractivity contribution in [1.82, 2.24) is 34.3 Å². The number of nitrogens with zero attached hydrogens (tertiary/aromatic N) is 8. The molecule has 0 bridgehead atoms. The lowest BCUT2D eigenvalue weighted by molar-refractivity contribution is 0.122. The summed E-state index contributed by atoms with van der Waals surface area (Å²) in [5.41, 5.74) is 5.58. The van der Waals surface area contributed by atoms with E-state index in [1.165, 1.54) is 0 Å². The van der Waals surface area contributed by atoms with Gasteiger partial charge in [0.05, 0.1) is 31.8 Å². The van der Waals surface area contributed by atoms with Gasteiger partial charge in [0.2, 0.25) is 0 Å². The molecular weight excluding hydrogens is 428 g/mol. The molecule has 0 unspecified atom stereocenters. The molecule has 6 rings (SSSR count). The molecule has 34 heavy (non-hydrogen) atoms. The second-order valence-electron chi connectivity index (χ2n) is 8.33. The Morgan fingerprint density at radius 1 is 1.00 bits per heavy atom. The van der Waals surface area contributed by atoms with Gasteiger partial charge in [-0.1, -0.05) is 24.3 Å². The molecule has 0 aliphatic carbocycles. The minimum atomic E-state index is 0.636. The standard InChI is InChI=1S/C25H24N8O/c1-31-9-7-21(30-31)19-5-2-6-20(14-19)23-28-24(32-10-12-34-13-11-32)22-25(29-23)33(17-27-22)16-18-4-3-8-26-15-18/h2-9,14-15,17H,10-13,16H2,1H3. The summed E-state index contributed by atoms with van der Waals surface area (Å²) >= 11 is 0. The molecule has 9 nitrogen and oxygen atoms in total. The van der Waals surface area contributed by atoms with Crippen LogP contribution in [0.15, 0.2) is 67.4 Å². The number of anilines is 1. The van der Waals surface area contributed by atoms with Crippen molar-refractivity contribution in [3.8, 4) is 22.6 Å². The van der Waals surface area contributed by atoms with Gasteiger partial charge in [0, 0.05) is 49.9 Å². The topological polar surface area (TPSA) is 86.8 Å². The van der Waals surface area contributed by atoms with Gasteiger partial charge in [-0.3, -0.25) is 9.67 Å². The average molecular weight is 453 g/mol. The Bertz CT molecular complexity index is 1440. The number of aryl methyl sites for hydroxylation is 1. The fraction of sp³-hybridized carbons (Fsp3) is 0.240. The average Bonchev–Trinajstić information content (AvgIpc) is 3.51. The molecule has 0 N–H and O–H groups in total. The zero-order valence-corrected chi connectivity index (χ0v) is 18.9. The highest BCUT2D eigenvalue weighted by Crippen LogP contribution is 2.29. The maximum Gasteiger partial charge on any atom is 0.166 e. The number of pyridine rings is 1. The van der Waals surface area contributed by atoms with E-state index < -0.39 is 0 Å². The molecule has 4 aromatic heterocycles. The molecule has 9 heteroatoms. The molecule has 1 aliphatic rings. The monoisotopic (exact) mass is 452 g/mol. The summed E-state index contributed by atoms with van der Waals surface area (Å²) in [5, 5.41) is 4.54. The molecule has 0 radical (unpaired) electrons. The molecule has 1 aliphatic heterocycles. The van der Waals surface area contributed by atoms with E-state index in [2.05, 4.69) is 37.7 Å². The van der Waals surface area contributed by atoms with Crippen molar-refractivity contribution in [2.75, 3.05) is 31.2 Å². The van der Waals surface area contributed by atoms with Gasteiger partial charge in [0.25, 0.3) is 0 Å². The van der Waals surface area contributed by atoms with E-state index in [4.69, 9.17) is 19.7 Å². The van der Waals surface area contributed by atoms with Crippen LogP contribution < -0.4 is 4.90 Å². The van der Waals surface area contributed by atoms with Crippen LogP contribution in [0, 0.1) is 0 Å². The predicted octanol–water partition coefficient (Wildman–Crippen LogP) is 3.17. The third kappa shape index (κ3) is 3.90. The lowest BCUT2D eigenvalue weighted by atomic mass is 10.1. The van der Waals surface area contributed by atoms with Crippen LogP contribution in [0.3, 0.4) is 0 Å². The van der Waals surface area contributed by atoms with E-state index in [1.54, 1.807) is 10.9 Å². The number of hydrogen-bond acceptors (Lipinski definition) is 7. The molecule has 5 aromatic rings. The van der Waals surface area contributed by atoms with Gasteiger partial charge in [-0.2, -0.15) is 5.10 Å². The van der Waals surface area contributed by atoms with Crippen molar-refractivity contribution in [3.63, 3.8) is 0 Å². The Morgan fingerprint density at radius 3 is 2.68 bits per heavy atom. The first kappa shape index (κ1) is 20.5. The number of aromatic nitrogens is 7. The lowest BCUT2D eigenvalue weighted by Gasteiger charge is -2.28. The number of fused-ring (bicyclic) bond motifs is 1. The minimum absolute atomic E-state index is 0.636. The Morgan fingerprint density at radius 2 is 1.88 bits per heavy atom. The Hall–Kier alpha value is -4.11. The van der Waals surface area contributed by atoms with Crippen molar-refractivity contribution >= 4 is 17.0 Å².